The Bertz CT molecular complexity index is 1120. The molecule has 0 spiro atoms. The lowest BCUT2D eigenvalue weighted by atomic mass is 9.76. The lowest BCUT2D eigenvalue weighted by molar-refractivity contribution is -0.148. The molecule has 1 heterocycles. The van der Waals surface area contributed by atoms with E-state index >= 15 is 4.39 Å². The number of fused-ring (bicyclic) bond motifs is 1. The summed E-state index contributed by atoms with van der Waals surface area (Å²) in [6.07, 6.45) is 6.27. The number of amides is 1. The molecule has 0 saturated heterocycles. The second-order valence-electron chi connectivity index (χ2n) is 10.5. The number of nitrogens with zero attached hydrogens (tertiary/aromatic N) is 2. The Labute approximate surface area is 205 Å². The Balaban J connectivity index is 1.64. The van der Waals surface area contributed by atoms with Crippen LogP contribution in [0.5, 0.6) is 0 Å². The number of ether oxygens (including phenoxy) is 1. The van der Waals surface area contributed by atoms with Crippen molar-refractivity contribution in [3.8, 4) is 5.69 Å². The van der Waals surface area contributed by atoms with Gasteiger partial charge in [0.2, 0.25) is 0 Å². The molecule has 1 aromatic carbocycles. The lowest BCUT2D eigenvalue weighted by Crippen LogP contribution is -2.33. The van der Waals surface area contributed by atoms with E-state index in [-0.39, 0.29) is 29.7 Å². The number of aryl methyl sites for hydroxylation is 1. The maximum Gasteiger partial charge on any atom is 0.319 e. The molecule has 8 nitrogen and oxygen atoms in total. The number of nitrogens with two attached hydrogens (primary N) is 2. The zero-order valence-corrected chi connectivity index (χ0v) is 20.8. The number of rotatable bonds is 7. The van der Waals surface area contributed by atoms with Gasteiger partial charge >= 0.3 is 5.97 Å². The number of hydrogen-bond acceptors (Lipinski definition) is 6. The number of primary amides is 1. The maximum absolute atomic E-state index is 15.3. The van der Waals surface area contributed by atoms with Crippen LogP contribution in [0.25, 0.3) is 5.69 Å². The molecule has 2 aromatic rings. The highest BCUT2D eigenvalue weighted by Gasteiger charge is 2.32. The van der Waals surface area contributed by atoms with Crippen molar-refractivity contribution in [1.29, 1.82) is 0 Å². The molecular formula is C26H36FN5O3. The minimum Gasteiger partial charge on any atom is -0.461 e. The molecule has 0 atom stereocenters. The van der Waals surface area contributed by atoms with Crippen LogP contribution in [-0.4, -0.2) is 40.3 Å². The van der Waals surface area contributed by atoms with E-state index in [1.807, 2.05) is 4.68 Å². The normalized spacial score (nSPS) is 21.3. The summed E-state index contributed by atoms with van der Waals surface area (Å²) in [5, 5.41) is 8.18. The van der Waals surface area contributed by atoms with Gasteiger partial charge < -0.3 is 21.5 Å². The van der Waals surface area contributed by atoms with Gasteiger partial charge in [0.15, 0.2) is 0 Å². The van der Waals surface area contributed by atoms with Gasteiger partial charge in [0.25, 0.3) is 5.91 Å². The summed E-state index contributed by atoms with van der Waals surface area (Å²) in [4.78, 5) is 23.6. The first kappa shape index (κ1) is 25.2. The average molecular weight is 486 g/mol. The van der Waals surface area contributed by atoms with Crippen molar-refractivity contribution in [2.45, 2.75) is 84.3 Å². The van der Waals surface area contributed by atoms with Crippen molar-refractivity contribution in [2.24, 2.45) is 16.9 Å². The molecule has 5 N–H and O–H groups in total. The second kappa shape index (κ2) is 9.97. The number of benzene rings is 1. The van der Waals surface area contributed by atoms with Crippen LogP contribution in [0.3, 0.4) is 0 Å². The molecule has 0 bridgehead atoms. The van der Waals surface area contributed by atoms with E-state index in [9.17, 15) is 9.59 Å². The molecule has 1 saturated carbocycles. The largest absolute Gasteiger partial charge is 0.461 e. The summed E-state index contributed by atoms with van der Waals surface area (Å²) in [5.74, 6) is -1.90. The van der Waals surface area contributed by atoms with Crippen molar-refractivity contribution < 1.29 is 18.7 Å². The highest BCUT2D eigenvalue weighted by molar-refractivity contribution is 5.99. The fourth-order valence-electron chi connectivity index (χ4n) is 5.37. The minimum atomic E-state index is -0.819. The molecule has 0 radical (unpaired) electrons. The quantitative estimate of drug-likeness (QED) is 0.516. The van der Waals surface area contributed by atoms with Crippen LogP contribution < -0.4 is 16.8 Å². The molecule has 4 rings (SSSR count). The van der Waals surface area contributed by atoms with Crippen molar-refractivity contribution >= 4 is 17.6 Å². The Morgan fingerprint density at radius 1 is 1.26 bits per heavy atom. The number of carbonyl (C=O) groups excluding carboxylic acids is 2. The first-order valence-electron chi connectivity index (χ1n) is 12.5. The number of esters is 1. The Kier molecular flexibility index (Phi) is 7.17. The number of hydrogen-bond donors (Lipinski definition) is 3. The van der Waals surface area contributed by atoms with E-state index in [0.717, 1.165) is 37.1 Å². The van der Waals surface area contributed by atoms with E-state index in [1.165, 1.54) is 11.6 Å². The highest BCUT2D eigenvalue weighted by Crippen LogP contribution is 2.38. The summed E-state index contributed by atoms with van der Waals surface area (Å²) in [6, 6.07) is 3.12. The van der Waals surface area contributed by atoms with Crippen LogP contribution in [-0.2, 0) is 28.8 Å². The van der Waals surface area contributed by atoms with E-state index < -0.39 is 17.7 Å². The van der Waals surface area contributed by atoms with Gasteiger partial charge in [0, 0.05) is 17.8 Å². The predicted molar refractivity (Wildman–Crippen MR) is 132 cm³/mol. The Morgan fingerprint density at radius 3 is 2.60 bits per heavy atom. The third-order valence-corrected chi connectivity index (χ3v) is 7.27. The first-order chi connectivity index (χ1) is 16.6. The Morgan fingerprint density at radius 2 is 1.97 bits per heavy atom. The number of nitrogens with one attached hydrogen (secondary N) is 1. The van der Waals surface area contributed by atoms with Gasteiger partial charge in [-0.15, -0.1) is 0 Å². The molecule has 2 aliphatic rings. The molecular weight excluding hydrogens is 449 g/mol. The molecule has 9 heteroatoms. The summed E-state index contributed by atoms with van der Waals surface area (Å²) in [5.41, 5.74) is 15.2. The van der Waals surface area contributed by atoms with E-state index in [2.05, 4.69) is 26.1 Å². The van der Waals surface area contributed by atoms with Crippen LogP contribution >= 0.6 is 0 Å². The van der Waals surface area contributed by atoms with Gasteiger partial charge in [-0.2, -0.15) is 5.10 Å². The molecule has 2 aliphatic carbocycles. The first-order valence-corrected chi connectivity index (χ1v) is 12.5. The topological polar surface area (TPSA) is 125 Å². The van der Waals surface area contributed by atoms with Gasteiger partial charge in [0.1, 0.15) is 11.9 Å². The molecule has 0 unspecified atom stereocenters. The Hall–Kier alpha value is -2.94. The summed E-state index contributed by atoms with van der Waals surface area (Å²) in [6.45, 7) is 6.42. The number of halogens is 1. The maximum atomic E-state index is 15.3. The van der Waals surface area contributed by atoms with Crippen LogP contribution in [0.2, 0.25) is 0 Å². The molecule has 1 fully saturated rings. The number of aromatic nitrogens is 2. The van der Waals surface area contributed by atoms with E-state index in [1.54, 1.807) is 6.07 Å². The zero-order chi connectivity index (χ0) is 25.3. The molecule has 0 aliphatic heterocycles. The van der Waals surface area contributed by atoms with Crippen LogP contribution in [0.4, 0.5) is 10.1 Å². The minimum absolute atomic E-state index is 0.00717. The van der Waals surface area contributed by atoms with Gasteiger partial charge in [-0.3, -0.25) is 9.59 Å². The molecule has 190 valence electrons. The van der Waals surface area contributed by atoms with Gasteiger partial charge in [-0.25, -0.2) is 9.07 Å². The summed E-state index contributed by atoms with van der Waals surface area (Å²) >= 11 is 0. The van der Waals surface area contributed by atoms with Gasteiger partial charge in [-0.05, 0) is 68.4 Å². The molecule has 35 heavy (non-hydrogen) atoms. The monoisotopic (exact) mass is 485 g/mol. The fourth-order valence-corrected chi connectivity index (χ4v) is 5.37. The van der Waals surface area contributed by atoms with E-state index in [4.69, 9.17) is 21.3 Å². The molecule has 1 aromatic heterocycles. The van der Waals surface area contributed by atoms with Crippen LogP contribution in [0.15, 0.2) is 12.1 Å². The van der Waals surface area contributed by atoms with Crippen molar-refractivity contribution in [1.82, 2.24) is 9.78 Å². The SMILES string of the molecule is CCc1nn(-c2cc(F)c(C(N)=O)c(N[C@H]3CC[C@H](OC(=O)CN)CC3)c2)c2c1CCC(C)(C)C2. The predicted octanol–water partition coefficient (Wildman–Crippen LogP) is 3.41. The average Bonchev–Trinajstić information content (AvgIpc) is 3.16. The van der Waals surface area contributed by atoms with Crippen LogP contribution in [0.1, 0.15) is 80.2 Å². The second-order valence-corrected chi connectivity index (χ2v) is 10.5. The smallest absolute Gasteiger partial charge is 0.319 e. The van der Waals surface area contributed by atoms with Crippen molar-refractivity contribution in [3.63, 3.8) is 0 Å². The van der Waals surface area contributed by atoms with Gasteiger partial charge in [0.05, 0.1) is 29.2 Å². The fraction of sp³-hybridized carbons (Fsp3) is 0.577. The third kappa shape index (κ3) is 5.34. The third-order valence-electron chi connectivity index (χ3n) is 7.27. The highest BCUT2D eigenvalue weighted by atomic mass is 19.1. The lowest BCUT2D eigenvalue weighted by Gasteiger charge is -2.31. The summed E-state index contributed by atoms with van der Waals surface area (Å²) in [7, 11) is 0. The molecule has 1 amide bonds. The standard InChI is InChI=1S/C26H36FN5O3/c1-4-20-18-9-10-26(2,3)13-22(18)32(31-20)16-11-19(27)24(25(29)34)21(12-16)30-15-5-7-17(8-6-15)35-23(33)14-28/h11-12,15,17,30H,4-10,13-14,28H2,1-3H3,(H2,29,34)/t15-,17-. The van der Waals surface area contributed by atoms with Gasteiger partial charge in [-0.1, -0.05) is 20.8 Å². The van der Waals surface area contributed by atoms with Crippen molar-refractivity contribution in [2.75, 3.05) is 11.9 Å². The zero-order valence-electron chi connectivity index (χ0n) is 20.8. The summed E-state index contributed by atoms with van der Waals surface area (Å²) < 4.78 is 22.5. The number of carbonyl (C=O) groups is 2. The number of anilines is 1. The van der Waals surface area contributed by atoms with Crippen LogP contribution in [0, 0.1) is 11.2 Å². The van der Waals surface area contributed by atoms with E-state index in [0.29, 0.717) is 37.1 Å². The van der Waals surface area contributed by atoms with Crippen molar-refractivity contribution in [3.05, 3.63) is 40.5 Å².